The highest BCUT2D eigenvalue weighted by Crippen LogP contribution is 2.19. The molecule has 0 aliphatic rings. The topological polar surface area (TPSA) is 16.1 Å². The Hall–Kier alpha value is -0.570. The maximum atomic E-state index is 4.40. The lowest BCUT2D eigenvalue weighted by atomic mass is 10.2. The molecule has 84 valence electrons. The zero-order valence-electron chi connectivity index (χ0n) is 9.76. The van der Waals surface area contributed by atoms with Crippen LogP contribution in [0.25, 0.3) is 0 Å². The molecule has 0 aliphatic carbocycles. The molecule has 0 aromatic carbocycles. The van der Waals surface area contributed by atoms with Crippen LogP contribution >= 0.6 is 15.9 Å². The SMILES string of the molecule is CCCCCN(C)c1cc(C)c(Br)cn1. The Morgan fingerprint density at radius 1 is 1.40 bits per heavy atom. The van der Waals surface area contributed by atoms with Gasteiger partial charge in [0.05, 0.1) is 0 Å². The molecule has 1 rings (SSSR count). The van der Waals surface area contributed by atoms with Gasteiger partial charge in [0.1, 0.15) is 5.82 Å². The normalized spacial score (nSPS) is 10.4. The first kappa shape index (κ1) is 12.5. The van der Waals surface area contributed by atoms with Crippen LogP contribution in [0, 0.1) is 6.92 Å². The van der Waals surface area contributed by atoms with E-state index in [4.69, 9.17) is 0 Å². The van der Waals surface area contributed by atoms with Crippen LogP contribution in [0.2, 0.25) is 0 Å². The van der Waals surface area contributed by atoms with Crippen molar-refractivity contribution in [1.29, 1.82) is 0 Å². The van der Waals surface area contributed by atoms with Crippen molar-refractivity contribution >= 4 is 21.7 Å². The molecule has 2 nitrogen and oxygen atoms in total. The minimum absolute atomic E-state index is 1.06. The molecular weight excluding hydrogens is 252 g/mol. The van der Waals surface area contributed by atoms with Gasteiger partial charge < -0.3 is 4.90 Å². The first-order chi connectivity index (χ1) is 7.15. The first-order valence-corrected chi connectivity index (χ1v) is 6.27. The number of halogens is 1. The predicted molar refractivity (Wildman–Crippen MR) is 69.5 cm³/mol. The highest BCUT2D eigenvalue weighted by atomic mass is 79.9. The van der Waals surface area contributed by atoms with Crippen molar-refractivity contribution in [2.75, 3.05) is 18.5 Å². The number of pyridine rings is 1. The zero-order valence-corrected chi connectivity index (χ0v) is 11.3. The fraction of sp³-hybridized carbons (Fsp3) is 0.583. The van der Waals surface area contributed by atoms with E-state index in [9.17, 15) is 0 Å². The van der Waals surface area contributed by atoms with E-state index in [0.717, 1.165) is 16.8 Å². The van der Waals surface area contributed by atoms with E-state index < -0.39 is 0 Å². The summed E-state index contributed by atoms with van der Waals surface area (Å²) in [4.78, 5) is 6.61. The van der Waals surface area contributed by atoms with Gasteiger partial charge in [-0.15, -0.1) is 0 Å². The Morgan fingerprint density at radius 3 is 2.73 bits per heavy atom. The smallest absolute Gasteiger partial charge is 0.128 e. The number of aryl methyl sites for hydroxylation is 1. The molecule has 3 heteroatoms. The second-order valence-electron chi connectivity index (χ2n) is 3.92. The zero-order chi connectivity index (χ0) is 11.3. The number of anilines is 1. The van der Waals surface area contributed by atoms with Crippen LogP contribution in [0.15, 0.2) is 16.7 Å². The number of hydrogen-bond acceptors (Lipinski definition) is 2. The van der Waals surface area contributed by atoms with Gasteiger partial charge in [-0.25, -0.2) is 4.98 Å². The molecule has 0 N–H and O–H groups in total. The summed E-state index contributed by atoms with van der Waals surface area (Å²) in [6.45, 7) is 5.40. The van der Waals surface area contributed by atoms with Crippen molar-refractivity contribution in [3.05, 3.63) is 22.3 Å². The third-order valence-electron chi connectivity index (χ3n) is 2.52. The fourth-order valence-electron chi connectivity index (χ4n) is 1.45. The van der Waals surface area contributed by atoms with E-state index in [0.29, 0.717) is 0 Å². The lowest BCUT2D eigenvalue weighted by Gasteiger charge is -2.18. The van der Waals surface area contributed by atoms with Gasteiger partial charge in [-0.2, -0.15) is 0 Å². The van der Waals surface area contributed by atoms with Crippen molar-refractivity contribution in [2.24, 2.45) is 0 Å². The first-order valence-electron chi connectivity index (χ1n) is 5.48. The van der Waals surface area contributed by atoms with Crippen LogP contribution in [0.1, 0.15) is 31.7 Å². The van der Waals surface area contributed by atoms with Gasteiger partial charge >= 0.3 is 0 Å². The molecule has 1 aromatic heterocycles. The molecular formula is C12H19BrN2. The van der Waals surface area contributed by atoms with Crippen molar-refractivity contribution in [3.8, 4) is 0 Å². The van der Waals surface area contributed by atoms with Gasteiger partial charge in [0.25, 0.3) is 0 Å². The number of rotatable bonds is 5. The number of unbranched alkanes of at least 4 members (excludes halogenated alkanes) is 2. The van der Waals surface area contributed by atoms with E-state index in [1.54, 1.807) is 0 Å². The van der Waals surface area contributed by atoms with Crippen LogP contribution in [0.4, 0.5) is 5.82 Å². The fourth-order valence-corrected chi connectivity index (χ4v) is 1.66. The molecule has 1 aromatic rings. The molecule has 0 saturated carbocycles. The summed E-state index contributed by atoms with van der Waals surface area (Å²) in [6, 6.07) is 2.12. The van der Waals surface area contributed by atoms with E-state index in [2.05, 4.69) is 52.8 Å². The van der Waals surface area contributed by atoms with Gasteiger partial charge in [0.2, 0.25) is 0 Å². The lowest BCUT2D eigenvalue weighted by Crippen LogP contribution is -2.19. The molecule has 0 fully saturated rings. The molecule has 0 atom stereocenters. The highest BCUT2D eigenvalue weighted by Gasteiger charge is 2.03. The summed E-state index contributed by atoms with van der Waals surface area (Å²) < 4.78 is 1.08. The molecule has 0 radical (unpaired) electrons. The monoisotopic (exact) mass is 270 g/mol. The quantitative estimate of drug-likeness (QED) is 0.758. The maximum Gasteiger partial charge on any atom is 0.128 e. The van der Waals surface area contributed by atoms with Crippen molar-refractivity contribution in [1.82, 2.24) is 4.98 Å². The minimum atomic E-state index is 1.06. The Balaban J connectivity index is 2.57. The van der Waals surface area contributed by atoms with E-state index in [-0.39, 0.29) is 0 Å². The molecule has 0 saturated heterocycles. The summed E-state index contributed by atoms with van der Waals surface area (Å²) in [7, 11) is 2.10. The summed E-state index contributed by atoms with van der Waals surface area (Å²) in [5, 5.41) is 0. The van der Waals surface area contributed by atoms with Crippen molar-refractivity contribution in [3.63, 3.8) is 0 Å². The Labute approximate surface area is 101 Å². The second-order valence-corrected chi connectivity index (χ2v) is 4.77. The minimum Gasteiger partial charge on any atom is -0.360 e. The number of aromatic nitrogens is 1. The van der Waals surface area contributed by atoms with Gasteiger partial charge in [0.15, 0.2) is 0 Å². The molecule has 0 unspecified atom stereocenters. The van der Waals surface area contributed by atoms with Gasteiger partial charge in [-0.1, -0.05) is 19.8 Å². The van der Waals surface area contributed by atoms with Crippen LogP contribution in [-0.4, -0.2) is 18.6 Å². The summed E-state index contributed by atoms with van der Waals surface area (Å²) in [6.07, 6.45) is 5.67. The standard InChI is InChI=1S/C12H19BrN2/c1-4-5-6-7-15(3)12-8-10(2)11(13)9-14-12/h8-9H,4-7H2,1-3H3. The third kappa shape index (κ3) is 3.82. The maximum absolute atomic E-state index is 4.40. The molecule has 0 bridgehead atoms. The highest BCUT2D eigenvalue weighted by molar-refractivity contribution is 9.10. The van der Waals surface area contributed by atoms with Gasteiger partial charge in [0, 0.05) is 24.3 Å². The van der Waals surface area contributed by atoms with Crippen molar-refractivity contribution < 1.29 is 0 Å². The molecule has 1 heterocycles. The van der Waals surface area contributed by atoms with E-state index in [1.165, 1.54) is 24.8 Å². The predicted octanol–water partition coefficient (Wildman–Crippen LogP) is 3.78. The molecule has 0 amide bonds. The van der Waals surface area contributed by atoms with Crippen LogP contribution in [-0.2, 0) is 0 Å². The van der Waals surface area contributed by atoms with Gasteiger partial charge in [-0.3, -0.25) is 0 Å². The molecule has 0 aliphatic heterocycles. The van der Waals surface area contributed by atoms with E-state index in [1.807, 2.05) is 6.20 Å². The number of hydrogen-bond donors (Lipinski definition) is 0. The van der Waals surface area contributed by atoms with Gasteiger partial charge in [-0.05, 0) is 40.9 Å². The Bertz CT molecular complexity index is 312. The van der Waals surface area contributed by atoms with E-state index >= 15 is 0 Å². The molecule has 15 heavy (non-hydrogen) atoms. The average Bonchev–Trinajstić information content (AvgIpc) is 2.22. The lowest BCUT2D eigenvalue weighted by molar-refractivity contribution is 0.701. The Morgan fingerprint density at radius 2 is 2.13 bits per heavy atom. The summed E-state index contributed by atoms with van der Waals surface area (Å²) >= 11 is 3.46. The Kier molecular flexibility index (Phi) is 5.09. The second kappa shape index (κ2) is 6.11. The van der Waals surface area contributed by atoms with Crippen LogP contribution in [0.5, 0.6) is 0 Å². The number of nitrogens with zero attached hydrogens (tertiary/aromatic N) is 2. The molecule has 0 spiro atoms. The van der Waals surface area contributed by atoms with Crippen LogP contribution < -0.4 is 4.90 Å². The van der Waals surface area contributed by atoms with Crippen molar-refractivity contribution in [2.45, 2.75) is 33.1 Å². The third-order valence-corrected chi connectivity index (χ3v) is 3.35. The average molecular weight is 271 g/mol. The van der Waals surface area contributed by atoms with Crippen LogP contribution in [0.3, 0.4) is 0 Å². The largest absolute Gasteiger partial charge is 0.360 e. The summed E-state index contributed by atoms with van der Waals surface area (Å²) in [5.41, 5.74) is 1.24. The summed E-state index contributed by atoms with van der Waals surface area (Å²) in [5.74, 6) is 1.06.